The number of nitrogens with one attached hydrogen (secondary N) is 1. The Balaban J connectivity index is 1.51. The number of amides is 1. The number of sulfonamides is 1. The highest BCUT2D eigenvalue weighted by Gasteiger charge is 2.25. The number of carbonyl (C=O) groups is 1. The molecule has 0 unspecified atom stereocenters. The number of halogens is 1. The van der Waals surface area contributed by atoms with Crippen LogP contribution < -0.4 is 5.32 Å². The van der Waals surface area contributed by atoms with Gasteiger partial charge in [0.15, 0.2) is 0 Å². The maximum atomic E-state index is 13.6. The molecule has 202 valence electrons. The van der Waals surface area contributed by atoms with Crippen molar-refractivity contribution in [1.82, 2.24) is 14.3 Å². The average molecular weight is 610 g/mol. The first-order valence-corrected chi connectivity index (χ1v) is 14.4. The zero-order chi connectivity index (χ0) is 28.0. The van der Waals surface area contributed by atoms with E-state index in [1.165, 1.54) is 4.31 Å². The molecule has 1 amide bonds. The van der Waals surface area contributed by atoms with Crippen molar-refractivity contribution in [2.75, 3.05) is 5.32 Å². The lowest BCUT2D eigenvalue weighted by atomic mass is 10.1. The standard InChI is InChI=1S/C29H29BrN4O4S/c1-29(2,3)38-28(35)33-27-15-10-24(18-32-27)23-8-6-21(7-9-23)19-34(20-22-5-4-16-31-17-22)39(36,37)26-13-11-25(30)12-14-26/h4-18H,19-20H2,1-3H3,(H,32,33,35). The fraction of sp³-hybridized carbons (Fsp3) is 0.207. The summed E-state index contributed by atoms with van der Waals surface area (Å²) in [6.07, 6.45) is 4.42. The molecule has 0 saturated carbocycles. The van der Waals surface area contributed by atoms with Gasteiger partial charge in [0.1, 0.15) is 11.4 Å². The number of carbonyl (C=O) groups excluding carboxylic acids is 1. The van der Waals surface area contributed by atoms with E-state index >= 15 is 0 Å². The van der Waals surface area contributed by atoms with Crippen molar-refractivity contribution < 1.29 is 17.9 Å². The van der Waals surface area contributed by atoms with Gasteiger partial charge in [-0.05, 0) is 79.9 Å². The Morgan fingerprint density at radius 2 is 1.56 bits per heavy atom. The van der Waals surface area contributed by atoms with Crippen LogP contribution in [0.2, 0.25) is 0 Å². The first kappa shape index (κ1) is 28.4. The first-order chi connectivity index (χ1) is 18.5. The van der Waals surface area contributed by atoms with Crippen molar-refractivity contribution in [1.29, 1.82) is 0 Å². The van der Waals surface area contributed by atoms with E-state index in [-0.39, 0.29) is 18.0 Å². The molecular weight excluding hydrogens is 580 g/mol. The van der Waals surface area contributed by atoms with Gasteiger partial charge in [0.05, 0.1) is 4.90 Å². The van der Waals surface area contributed by atoms with E-state index in [4.69, 9.17) is 4.74 Å². The molecule has 0 aliphatic heterocycles. The van der Waals surface area contributed by atoms with Crippen LogP contribution in [0.5, 0.6) is 0 Å². The van der Waals surface area contributed by atoms with Gasteiger partial charge in [-0.15, -0.1) is 0 Å². The summed E-state index contributed by atoms with van der Waals surface area (Å²) in [6.45, 7) is 5.75. The zero-order valence-electron chi connectivity index (χ0n) is 21.8. The lowest BCUT2D eigenvalue weighted by Crippen LogP contribution is -2.30. The normalized spacial score (nSPS) is 11.8. The van der Waals surface area contributed by atoms with E-state index in [0.29, 0.717) is 5.82 Å². The second-order valence-electron chi connectivity index (χ2n) is 9.84. The van der Waals surface area contributed by atoms with E-state index in [1.807, 2.05) is 36.4 Å². The van der Waals surface area contributed by atoms with Crippen molar-refractivity contribution in [3.8, 4) is 11.1 Å². The van der Waals surface area contributed by atoms with Crippen LogP contribution in [0.25, 0.3) is 11.1 Å². The van der Waals surface area contributed by atoms with Gasteiger partial charge in [0.2, 0.25) is 10.0 Å². The summed E-state index contributed by atoms with van der Waals surface area (Å²) in [6, 6.07) is 21.4. The molecule has 0 atom stereocenters. The Morgan fingerprint density at radius 3 is 2.15 bits per heavy atom. The number of pyridine rings is 2. The minimum Gasteiger partial charge on any atom is -0.444 e. The Labute approximate surface area is 237 Å². The summed E-state index contributed by atoms with van der Waals surface area (Å²) in [5.74, 6) is 0.383. The molecule has 8 nitrogen and oxygen atoms in total. The molecular formula is C29H29BrN4O4S. The Hall–Kier alpha value is -3.60. The van der Waals surface area contributed by atoms with Crippen LogP contribution in [0.15, 0.2) is 101 Å². The molecule has 0 saturated heterocycles. The fourth-order valence-electron chi connectivity index (χ4n) is 3.73. The SMILES string of the molecule is CC(C)(C)OC(=O)Nc1ccc(-c2ccc(CN(Cc3cccnc3)S(=O)(=O)c3ccc(Br)cc3)cc2)cn1. The number of nitrogens with zero attached hydrogens (tertiary/aromatic N) is 3. The number of aromatic nitrogens is 2. The zero-order valence-corrected chi connectivity index (χ0v) is 24.2. The Morgan fingerprint density at radius 1 is 0.897 bits per heavy atom. The highest BCUT2D eigenvalue weighted by atomic mass is 79.9. The molecule has 10 heteroatoms. The van der Waals surface area contributed by atoms with Gasteiger partial charge < -0.3 is 4.74 Å². The number of rotatable bonds is 8. The molecule has 0 radical (unpaired) electrons. The van der Waals surface area contributed by atoms with Crippen LogP contribution in [-0.2, 0) is 27.8 Å². The highest BCUT2D eigenvalue weighted by molar-refractivity contribution is 9.10. The summed E-state index contributed by atoms with van der Waals surface area (Å²) < 4.78 is 34.6. The van der Waals surface area contributed by atoms with Gasteiger partial charge in [0, 0.05) is 41.7 Å². The first-order valence-electron chi connectivity index (χ1n) is 12.2. The van der Waals surface area contributed by atoms with Crippen LogP contribution in [0.1, 0.15) is 31.9 Å². The van der Waals surface area contributed by atoms with Gasteiger partial charge in [-0.2, -0.15) is 4.31 Å². The largest absolute Gasteiger partial charge is 0.444 e. The average Bonchev–Trinajstić information content (AvgIpc) is 2.89. The number of benzene rings is 2. The van der Waals surface area contributed by atoms with Gasteiger partial charge in [0.25, 0.3) is 0 Å². The molecule has 2 aromatic heterocycles. The fourth-order valence-corrected chi connectivity index (χ4v) is 5.41. The van der Waals surface area contributed by atoms with Crippen molar-refractivity contribution in [3.05, 3.63) is 107 Å². The molecule has 4 rings (SSSR count). The van der Waals surface area contributed by atoms with Crippen LogP contribution in [0, 0.1) is 0 Å². The maximum Gasteiger partial charge on any atom is 0.413 e. The summed E-state index contributed by atoms with van der Waals surface area (Å²) in [5, 5.41) is 2.62. The topological polar surface area (TPSA) is 101 Å². The molecule has 0 aliphatic carbocycles. The predicted octanol–water partition coefficient (Wildman–Crippen LogP) is 6.64. The predicted molar refractivity (Wildman–Crippen MR) is 154 cm³/mol. The minimum atomic E-state index is -3.77. The van der Waals surface area contributed by atoms with Crippen molar-refractivity contribution in [2.24, 2.45) is 0 Å². The summed E-state index contributed by atoms with van der Waals surface area (Å²) >= 11 is 3.36. The molecule has 0 fully saturated rings. The van der Waals surface area contributed by atoms with E-state index in [2.05, 4.69) is 31.2 Å². The van der Waals surface area contributed by atoms with Gasteiger partial charge >= 0.3 is 6.09 Å². The van der Waals surface area contributed by atoms with Crippen LogP contribution >= 0.6 is 15.9 Å². The van der Waals surface area contributed by atoms with Crippen molar-refractivity contribution in [2.45, 2.75) is 44.4 Å². The quantitative estimate of drug-likeness (QED) is 0.240. The third-order valence-electron chi connectivity index (χ3n) is 5.57. The van der Waals surface area contributed by atoms with Crippen molar-refractivity contribution in [3.63, 3.8) is 0 Å². The monoisotopic (exact) mass is 608 g/mol. The smallest absolute Gasteiger partial charge is 0.413 e. The molecule has 2 heterocycles. The lowest BCUT2D eigenvalue weighted by molar-refractivity contribution is 0.0635. The third kappa shape index (κ3) is 7.95. The van der Waals surface area contributed by atoms with E-state index in [0.717, 1.165) is 26.7 Å². The number of hydrogen-bond donors (Lipinski definition) is 1. The summed E-state index contributed by atoms with van der Waals surface area (Å²) in [4.78, 5) is 20.6. The molecule has 0 spiro atoms. The van der Waals surface area contributed by atoms with Crippen LogP contribution in [0.3, 0.4) is 0 Å². The number of hydrogen-bond acceptors (Lipinski definition) is 6. The molecule has 4 aromatic rings. The molecule has 1 N–H and O–H groups in total. The minimum absolute atomic E-state index is 0.185. The summed E-state index contributed by atoms with van der Waals surface area (Å²) in [5.41, 5.74) is 2.78. The summed E-state index contributed by atoms with van der Waals surface area (Å²) in [7, 11) is -3.77. The molecule has 39 heavy (non-hydrogen) atoms. The highest BCUT2D eigenvalue weighted by Crippen LogP contribution is 2.25. The van der Waals surface area contributed by atoms with Gasteiger partial charge in [-0.3, -0.25) is 10.3 Å². The molecule has 0 bridgehead atoms. The second kappa shape index (κ2) is 12.1. The second-order valence-corrected chi connectivity index (χ2v) is 12.7. The lowest BCUT2D eigenvalue weighted by Gasteiger charge is -2.22. The van der Waals surface area contributed by atoms with Crippen molar-refractivity contribution >= 4 is 37.9 Å². The maximum absolute atomic E-state index is 13.6. The molecule has 0 aliphatic rings. The van der Waals surface area contributed by atoms with Gasteiger partial charge in [-0.1, -0.05) is 46.3 Å². The Bertz CT molecular complexity index is 1510. The van der Waals surface area contributed by atoms with Crippen LogP contribution in [0.4, 0.5) is 10.6 Å². The van der Waals surface area contributed by atoms with E-state index in [1.54, 1.807) is 75.8 Å². The van der Waals surface area contributed by atoms with Crippen LogP contribution in [-0.4, -0.2) is 34.4 Å². The third-order valence-corrected chi connectivity index (χ3v) is 7.91. The van der Waals surface area contributed by atoms with E-state index < -0.39 is 21.7 Å². The molecule has 2 aromatic carbocycles. The van der Waals surface area contributed by atoms with E-state index in [9.17, 15) is 13.2 Å². The van der Waals surface area contributed by atoms with Gasteiger partial charge in [-0.25, -0.2) is 18.2 Å². The Kier molecular flexibility index (Phi) is 8.79. The number of ether oxygens (including phenoxy) is 1. The number of anilines is 1.